The van der Waals surface area contributed by atoms with Crippen molar-refractivity contribution >= 4 is 29.0 Å². The molecule has 3 nitrogen and oxygen atoms in total. The van der Waals surface area contributed by atoms with Gasteiger partial charge in [0.2, 0.25) is 0 Å². The molecular formula is C16H22N2OS. The Kier molecular flexibility index (Phi) is 4.78. The van der Waals surface area contributed by atoms with Crippen molar-refractivity contribution in [2.24, 2.45) is 0 Å². The number of rotatable bonds is 2. The van der Waals surface area contributed by atoms with Crippen molar-refractivity contribution in [3.05, 3.63) is 29.5 Å². The van der Waals surface area contributed by atoms with Gasteiger partial charge in [0.05, 0.1) is 7.11 Å². The van der Waals surface area contributed by atoms with Crippen LogP contribution in [0.4, 0.5) is 0 Å². The van der Waals surface area contributed by atoms with E-state index in [1.807, 2.05) is 6.07 Å². The van der Waals surface area contributed by atoms with Crippen LogP contribution in [0.2, 0.25) is 0 Å². The Morgan fingerprint density at radius 1 is 1.35 bits per heavy atom. The van der Waals surface area contributed by atoms with Gasteiger partial charge in [0, 0.05) is 41.8 Å². The Balaban J connectivity index is 0.000000704. The van der Waals surface area contributed by atoms with Gasteiger partial charge in [0.15, 0.2) is 0 Å². The topological polar surface area (TPSA) is 28.3 Å². The van der Waals surface area contributed by atoms with Gasteiger partial charge in [-0.2, -0.15) is 0 Å². The van der Waals surface area contributed by atoms with Gasteiger partial charge in [-0.15, -0.1) is 0 Å². The van der Waals surface area contributed by atoms with Crippen molar-refractivity contribution in [2.45, 2.75) is 32.9 Å². The zero-order valence-corrected chi connectivity index (χ0v) is 13.2. The van der Waals surface area contributed by atoms with Gasteiger partial charge in [0.25, 0.3) is 0 Å². The van der Waals surface area contributed by atoms with Gasteiger partial charge in [0.1, 0.15) is 5.75 Å². The summed E-state index contributed by atoms with van der Waals surface area (Å²) in [5, 5.41) is 1.36. The number of thiocarbonyl (C=S) groups is 1. The molecule has 0 saturated heterocycles. The van der Waals surface area contributed by atoms with E-state index in [0.717, 1.165) is 25.3 Å². The van der Waals surface area contributed by atoms with Crippen LogP contribution in [-0.2, 0) is 13.0 Å². The highest BCUT2D eigenvalue weighted by Gasteiger charge is 2.21. The van der Waals surface area contributed by atoms with Crippen LogP contribution in [0.1, 0.15) is 25.1 Å². The lowest BCUT2D eigenvalue weighted by Crippen LogP contribution is -2.35. The van der Waals surface area contributed by atoms with E-state index in [1.54, 1.807) is 7.11 Å². The fourth-order valence-corrected chi connectivity index (χ4v) is 2.82. The number of methoxy groups -OCH3 is 1. The summed E-state index contributed by atoms with van der Waals surface area (Å²) in [7, 11) is 1.71. The lowest BCUT2D eigenvalue weighted by molar-refractivity contribution is 0.201. The molecule has 0 aliphatic carbocycles. The molecule has 0 radical (unpaired) electrons. The highest BCUT2D eigenvalue weighted by molar-refractivity contribution is 7.77. The summed E-state index contributed by atoms with van der Waals surface area (Å²) in [6.07, 6.45) is 1.14. The molecule has 1 aromatic heterocycles. The molecule has 108 valence electrons. The summed E-state index contributed by atoms with van der Waals surface area (Å²) in [5.74, 6) is 3.75. The van der Waals surface area contributed by atoms with E-state index < -0.39 is 0 Å². The molecule has 0 fully saturated rings. The standard InChI is InChI=1S/C15H20N2O.CH2S/c1-10(2)17-7-6-13-12-5-4-11(18-3)8-14(12)16-15(13)9-17;1-2/h4-5,8,10,16H,6-7,9H2,1-3H3;1H2. The number of aromatic nitrogens is 1. The summed E-state index contributed by atoms with van der Waals surface area (Å²) in [5.41, 5.74) is 4.06. The molecule has 1 aliphatic heterocycles. The summed E-state index contributed by atoms with van der Waals surface area (Å²) < 4.78 is 5.28. The summed E-state index contributed by atoms with van der Waals surface area (Å²) in [6, 6.07) is 6.92. The Morgan fingerprint density at radius 3 is 2.75 bits per heavy atom. The van der Waals surface area contributed by atoms with E-state index in [4.69, 9.17) is 4.74 Å². The lowest BCUT2D eigenvalue weighted by atomic mass is 10.0. The van der Waals surface area contributed by atoms with Crippen molar-refractivity contribution in [2.75, 3.05) is 13.7 Å². The number of ether oxygens (including phenoxy) is 1. The molecule has 0 unspecified atom stereocenters. The minimum Gasteiger partial charge on any atom is -0.497 e. The van der Waals surface area contributed by atoms with Gasteiger partial charge in [-0.1, -0.05) is 12.2 Å². The van der Waals surface area contributed by atoms with Crippen molar-refractivity contribution in [3.63, 3.8) is 0 Å². The second-order valence-corrected chi connectivity index (χ2v) is 5.31. The van der Waals surface area contributed by atoms with Crippen LogP contribution in [0.3, 0.4) is 0 Å². The summed E-state index contributed by atoms with van der Waals surface area (Å²) >= 11 is 3.83. The normalized spacial score (nSPS) is 14.8. The molecule has 0 spiro atoms. The second kappa shape index (κ2) is 6.37. The summed E-state index contributed by atoms with van der Waals surface area (Å²) in [4.78, 5) is 6.06. The second-order valence-electron chi connectivity index (χ2n) is 5.31. The molecule has 0 bridgehead atoms. The number of aromatic amines is 1. The SMILES string of the molecule is C=S.COc1ccc2c3c([nH]c2c1)CN(C(C)C)CC3. The van der Waals surface area contributed by atoms with Crippen LogP contribution in [0.15, 0.2) is 18.2 Å². The van der Waals surface area contributed by atoms with Crippen LogP contribution in [0, 0.1) is 0 Å². The third-order valence-corrected chi connectivity index (χ3v) is 3.94. The van der Waals surface area contributed by atoms with Gasteiger partial charge >= 0.3 is 0 Å². The first-order valence-electron chi connectivity index (χ1n) is 6.89. The first-order chi connectivity index (χ1) is 9.69. The third kappa shape index (κ3) is 2.72. The Labute approximate surface area is 125 Å². The number of fused-ring (bicyclic) bond motifs is 3. The molecule has 1 aliphatic rings. The van der Waals surface area contributed by atoms with E-state index in [9.17, 15) is 0 Å². The molecule has 1 N–H and O–H groups in total. The number of benzene rings is 1. The van der Waals surface area contributed by atoms with E-state index in [0.29, 0.717) is 6.04 Å². The Hall–Kier alpha value is -1.39. The third-order valence-electron chi connectivity index (χ3n) is 3.94. The smallest absolute Gasteiger partial charge is 0.120 e. The van der Waals surface area contributed by atoms with Crippen molar-refractivity contribution in [1.29, 1.82) is 0 Å². The van der Waals surface area contributed by atoms with Gasteiger partial charge in [-0.3, -0.25) is 4.90 Å². The van der Waals surface area contributed by atoms with Crippen LogP contribution < -0.4 is 4.74 Å². The fourth-order valence-electron chi connectivity index (χ4n) is 2.82. The van der Waals surface area contributed by atoms with E-state index in [1.165, 1.54) is 22.2 Å². The first-order valence-corrected chi connectivity index (χ1v) is 7.47. The number of nitrogens with zero attached hydrogens (tertiary/aromatic N) is 1. The van der Waals surface area contributed by atoms with E-state index >= 15 is 0 Å². The minimum absolute atomic E-state index is 0.610. The number of H-pyrrole nitrogens is 1. The maximum absolute atomic E-state index is 5.28. The van der Waals surface area contributed by atoms with Crippen LogP contribution in [0.5, 0.6) is 5.75 Å². The molecule has 4 heteroatoms. The minimum atomic E-state index is 0.610. The van der Waals surface area contributed by atoms with Gasteiger partial charge in [-0.05, 0) is 43.8 Å². The number of nitrogens with one attached hydrogen (secondary N) is 1. The highest BCUT2D eigenvalue weighted by atomic mass is 32.1. The lowest BCUT2D eigenvalue weighted by Gasteiger charge is -2.30. The van der Waals surface area contributed by atoms with E-state index in [2.05, 4.69) is 54.0 Å². The molecule has 0 atom stereocenters. The molecule has 2 aromatic rings. The molecule has 20 heavy (non-hydrogen) atoms. The average molecular weight is 290 g/mol. The molecule has 0 saturated carbocycles. The van der Waals surface area contributed by atoms with Crippen LogP contribution >= 0.6 is 12.2 Å². The van der Waals surface area contributed by atoms with Crippen molar-refractivity contribution in [3.8, 4) is 5.75 Å². The van der Waals surface area contributed by atoms with Crippen LogP contribution in [0.25, 0.3) is 10.9 Å². The van der Waals surface area contributed by atoms with Crippen molar-refractivity contribution < 1.29 is 4.74 Å². The number of hydrogen-bond acceptors (Lipinski definition) is 3. The molecule has 3 rings (SSSR count). The van der Waals surface area contributed by atoms with Crippen LogP contribution in [-0.4, -0.2) is 35.5 Å². The predicted octanol–water partition coefficient (Wildman–Crippen LogP) is 3.56. The van der Waals surface area contributed by atoms with Crippen molar-refractivity contribution in [1.82, 2.24) is 9.88 Å². The molecule has 0 amide bonds. The monoisotopic (exact) mass is 290 g/mol. The molecule has 1 aromatic carbocycles. The molecule has 2 heterocycles. The first kappa shape index (κ1) is 15.0. The largest absolute Gasteiger partial charge is 0.497 e. The fraction of sp³-hybridized carbons (Fsp3) is 0.438. The Morgan fingerprint density at radius 2 is 2.10 bits per heavy atom. The number of hydrogen-bond donors (Lipinski definition) is 1. The maximum Gasteiger partial charge on any atom is 0.120 e. The Bertz CT molecular complexity index is 591. The van der Waals surface area contributed by atoms with E-state index in [-0.39, 0.29) is 0 Å². The summed E-state index contributed by atoms with van der Waals surface area (Å²) in [6.45, 7) is 6.71. The quantitative estimate of drug-likeness (QED) is 0.857. The zero-order valence-electron chi connectivity index (χ0n) is 12.4. The molecular weight excluding hydrogens is 268 g/mol. The average Bonchev–Trinajstić information content (AvgIpc) is 2.85. The highest BCUT2D eigenvalue weighted by Crippen LogP contribution is 2.30. The zero-order chi connectivity index (χ0) is 14.7. The van der Waals surface area contributed by atoms with Gasteiger partial charge in [-0.25, -0.2) is 0 Å². The maximum atomic E-state index is 5.28. The van der Waals surface area contributed by atoms with Gasteiger partial charge < -0.3 is 9.72 Å². The predicted molar refractivity (Wildman–Crippen MR) is 88.8 cm³/mol.